The van der Waals surface area contributed by atoms with Crippen LogP contribution >= 0.6 is 70.6 Å². The molecule has 6 N–H and O–H groups in total. The van der Waals surface area contributed by atoms with Crippen molar-refractivity contribution in [2.24, 2.45) is 0 Å². The van der Waals surface area contributed by atoms with E-state index in [1.54, 1.807) is 143 Å². The minimum absolute atomic E-state index is 0.157. The van der Waals surface area contributed by atoms with Crippen molar-refractivity contribution < 1.29 is 30.6 Å². The zero-order valence-corrected chi connectivity index (χ0v) is 32.9. The first kappa shape index (κ1) is 37.7. The first-order valence-corrected chi connectivity index (χ1v) is 21.1. The van der Waals surface area contributed by atoms with Crippen molar-refractivity contribution in [2.45, 2.75) is 58.7 Å². The Bertz CT molecular complexity index is 1900. The molecule has 0 bridgehead atoms. The summed E-state index contributed by atoms with van der Waals surface area (Å²) in [7, 11) is 0. The number of hydrogen-bond donors (Lipinski definition) is 6. The average Bonchev–Trinajstić information content (AvgIpc) is 3.17. The molecule has 6 nitrogen and oxygen atoms in total. The van der Waals surface area contributed by atoms with Gasteiger partial charge in [0, 0.05) is 58.7 Å². The van der Waals surface area contributed by atoms with Gasteiger partial charge < -0.3 is 30.6 Å². The predicted molar refractivity (Wildman–Crippen MR) is 220 cm³/mol. The van der Waals surface area contributed by atoms with Crippen LogP contribution in [0.2, 0.25) is 0 Å². The highest BCUT2D eigenvalue weighted by molar-refractivity contribution is 8.07. The molecule has 7 aromatic carbocycles. The van der Waals surface area contributed by atoms with Crippen molar-refractivity contribution in [1.82, 2.24) is 0 Å². The summed E-state index contributed by atoms with van der Waals surface area (Å²) >= 11 is 9.39. The third-order valence-corrected chi connectivity index (χ3v) is 15.1. The number of phenols is 6. The Morgan fingerprint density at radius 2 is 0.296 bits per heavy atom. The first-order valence-electron chi connectivity index (χ1n) is 16.2. The summed E-state index contributed by atoms with van der Waals surface area (Å²) in [5.74, 6) is 0.942. The molecule has 0 unspecified atom stereocenters. The summed E-state index contributed by atoms with van der Waals surface area (Å²) in [6, 6.07) is 42.5. The Labute approximate surface area is 337 Å². The summed E-state index contributed by atoms with van der Waals surface area (Å²) in [5.41, 5.74) is 0. The summed E-state index contributed by atoms with van der Waals surface area (Å²) in [4.78, 5) is 11.0. The fraction of sp³-hybridized carbons (Fsp3) is 0. The molecular weight excluding hydrogens is 793 g/mol. The van der Waals surface area contributed by atoms with Crippen molar-refractivity contribution in [3.63, 3.8) is 0 Å². The molecule has 0 saturated heterocycles. The maximum absolute atomic E-state index is 10.2. The van der Waals surface area contributed by atoms with Crippen LogP contribution in [0.4, 0.5) is 0 Å². The molecular formula is C42H30O6S6. The van der Waals surface area contributed by atoms with Gasteiger partial charge in [-0.15, -0.1) is 0 Å². The van der Waals surface area contributed by atoms with E-state index in [-0.39, 0.29) is 34.5 Å². The highest BCUT2D eigenvalue weighted by Crippen LogP contribution is 2.59. The van der Waals surface area contributed by atoms with E-state index in [4.69, 9.17) is 0 Å². The molecule has 7 aromatic rings. The lowest BCUT2D eigenvalue weighted by Crippen LogP contribution is -1.97. The average molecular weight is 823 g/mol. The molecule has 0 aliphatic heterocycles. The third-order valence-electron chi connectivity index (χ3n) is 7.58. The lowest BCUT2D eigenvalue weighted by atomic mass is 10.3. The normalized spacial score (nSPS) is 11.1. The van der Waals surface area contributed by atoms with Gasteiger partial charge in [-0.1, -0.05) is 70.6 Å². The standard InChI is InChI=1S/C42H30O6S6/c43-25-1-13-31(14-2-25)49-37-38(50-32-15-3-26(44)4-16-32)40(52-34-19-7-28(46)8-20-34)42(54-36-23-11-30(48)12-24-36)41(53-35-21-9-29(47)10-22-35)39(37)51-33-17-5-27(45)6-18-33/h1-24,43-48H. The van der Waals surface area contributed by atoms with Crippen LogP contribution in [-0.4, -0.2) is 30.6 Å². The first-order chi connectivity index (χ1) is 26.2. The van der Waals surface area contributed by atoms with Crippen LogP contribution in [0.15, 0.2) is 204 Å². The molecule has 0 spiro atoms. The van der Waals surface area contributed by atoms with Crippen molar-refractivity contribution in [2.75, 3.05) is 0 Å². The van der Waals surface area contributed by atoms with Crippen LogP contribution in [-0.2, 0) is 0 Å². The van der Waals surface area contributed by atoms with Gasteiger partial charge in [-0.2, -0.15) is 0 Å². The fourth-order valence-electron chi connectivity index (χ4n) is 4.97. The van der Waals surface area contributed by atoms with Gasteiger partial charge in [-0.3, -0.25) is 0 Å². The second kappa shape index (κ2) is 17.3. The Morgan fingerprint density at radius 1 is 0.185 bits per heavy atom. The zero-order valence-electron chi connectivity index (χ0n) is 28.0. The molecule has 0 amide bonds. The van der Waals surface area contributed by atoms with Gasteiger partial charge in [0.2, 0.25) is 0 Å². The van der Waals surface area contributed by atoms with Crippen molar-refractivity contribution in [1.29, 1.82) is 0 Å². The summed E-state index contributed by atoms with van der Waals surface area (Å²) in [5, 5.41) is 61.2. The van der Waals surface area contributed by atoms with E-state index in [2.05, 4.69) is 0 Å². The van der Waals surface area contributed by atoms with Gasteiger partial charge in [-0.25, -0.2) is 0 Å². The molecule has 0 atom stereocenters. The van der Waals surface area contributed by atoms with E-state index >= 15 is 0 Å². The van der Waals surface area contributed by atoms with E-state index in [1.807, 2.05) is 72.8 Å². The van der Waals surface area contributed by atoms with Crippen molar-refractivity contribution in [3.8, 4) is 34.5 Å². The minimum atomic E-state index is 0.157. The molecule has 0 aliphatic carbocycles. The number of phenolic OH excluding ortho intramolecular Hbond substituents is 6. The van der Waals surface area contributed by atoms with Crippen LogP contribution in [0.5, 0.6) is 34.5 Å². The third kappa shape index (κ3) is 9.56. The molecule has 7 rings (SSSR count). The van der Waals surface area contributed by atoms with Crippen molar-refractivity contribution >= 4 is 70.6 Å². The molecule has 0 aromatic heterocycles. The van der Waals surface area contributed by atoms with E-state index in [0.29, 0.717) is 0 Å². The summed E-state index contributed by atoms with van der Waals surface area (Å²) in [6.07, 6.45) is 0. The highest BCUT2D eigenvalue weighted by atomic mass is 32.2. The smallest absolute Gasteiger partial charge is 0.115 e. The molecule has 0 fully saturated rings. The number of hydrogen-bond acceptors (Lipinski definition) is 12. The largest absolute Gasteiger partial charge is 0.508 e. The van der Waals surface area contributed by atoms with Gasteiger partial charge in [0.05, 0.1) is 0 Å². The topological polar surface area (TPSA) is 121 Å². The minimum Gasteiger partial charge on any atom is -0.508 e. The van der Waals surface area contributed by atoms with Crippen LogP contribution in [0.25, 0.3) is 0 Å². The lowest BCUT2D eigenvalue weighted by molar-refractivity contribution is 0.474. The monoisotopic (exact) mass is 822 g/mol. The van der Waals surface area contributed by atoms with Crippen LogP contribution in [0.1, 0.15) is 0 Å². The molecule has 0 saturated carbocycles. The SMILES string of the molecule is Oc1ccc(Sc2c(Sc3ccc(O)cc3)c(Sc3ccc(O)cc3)c(Sc3ccc(O)cc3)c(Sc3ccc(O)cc3)c2Sc2ccc(O)cc2)cc1. The summed E-state index contributed by atoms with van der Waals surface area (Å²) in [6.45, 7) is 0. The number of aromatic hydroxyl groups is 6. The maximum Gasteiger partial charge on any atom is 0.115 e. The molecule has 270 valence electrons. The van der Waals surface area contributed by atoms with E-state index in [1.165, 1.54) is 0 Å². The molecule has 12 heteroatoms. The zero-order chi connectivity index (χ0) is 37.6. The Kier molecular flexibility index (Phi) is 12.1. The molecule has 0 radical (unpaired) electrons. The number of benzene rings is 7. The predicted octanol–water partition coefficient (Wildman–Crippen LogP) is 12.8. The van der Waals surface area contributed by atoms with Gasteiger partial charge in [0.25, 0.3) is 0 Å². The van der Waals surface area contributed by atoms with Crippen molar-refractivity contribution in [3.05, 3.63) is 146 Å². The second-order valence-electron chi connectivity index (χ2n) is 11.6. The van der Waals surface area contributed by atoms with E-state index in [0.717, 1.165) is 58.7 Å². The lowest BCUT2D eigenvalue weighted by Gasteiger charge is -2.25. The second-order valence-corrected chi connectivity index (χ2v) is 18.1. The highest BCUT2D eigenvalue weighted by Gasteiger charge is 2.29. The van der Waals surface area contributed by atoms with Gasteiger partial charge in [-0.05, 0) is 146 Å². The number of rotatable bonds is 12. The van der Waals surface area contributed by atoms with Gasteiger partial charge in [0.1, 0.15) is 34.5 Å². The quantitative estimate of drug-likeness (QED) is 0.0703. The Balaban J connectivity index is 1.57. The fourth-order valence-corrected chi connectivity index (χ4v) is 12.2. The molecule has 0 heterocycles. The Morgan fingerprint density at radius 3 is 0.407 bits per heavy atom. The maximum atomic E-state index is 10.2. The Hall–Kier alpha value is -4.56. The summed E-state index contributed by atoms with van der Waals surface area (Å²) < 4.78 is 0. The van der Waals surface area contributed by atoms with Gasteiger partial charge in [0.15, 0.2) is 0 Å². The van der Waals surface area contributed by atoms with Gasteiger partial charge >= 0.3 is 0 Å². The molecule has 0 aliphatic rings. The molecule has 54 heavy (non-hydrogen) atoms. The van der Waals surface area contributed by atoms with E-state index < -0.39 is 0 Å². The van der Waals surface area contributed by atoms with E-state index in [9.17, 15) is 30.6 Å². The van der Waals surface area contributed by atoms with Crippen LogP contribution < -0.4 is 0 Å². The van der Waals surface area contributed by atoms with Crippen LogP contribution in [0.3, 0.4) is 0 Å². The van der Waals surface area contributed by atoms with Crippen LogP contribution in [0, 0.1) is 0 Å².